The maximum Gasteiger partial charge on any atom is 0.124 e. The Labute approximate surface area is 128 Å². The van der Waals surface area contributed by atoms with Crippen molar-refractivity contribution < 1.29 is 14.2 Å². The largest absolute Gasteiger partial charge is 0.497 e. The van der Waals surface area contributed by atoms with Crippen LogP contribution in [0.5, 0.6) is 11.5 Å². The highest BCUT2D eigenvalue weighted by Crippen LogP contribution is 2.24. The predicted molar refractivity (Wildman–Crippen MR) is 86.2 cm³/mol. The molecule has 0 aromatic heterocycles. The van der Waals surface area contributed by atoms with Gasteiger partial charge in [0.1, 0.15) is 18.1 Å². The van der Waals surface area contributed by atoms with Crippen LogP contribution in [0.15, 0.2) is 18.2 Å². The van der Waals surface area contributed by atoms with Crippen molar-refractivity contribution in [2.24, 2.45) is 0 Å². The Hall–Kier alpha value is -1.26. The van der Waals surface area contributed by atoms with Gasteiger partial charge in [-0.05, 0) is 52.8 Å². The van der Waals surface area contributed by atoms with E-state index in [0.29, 0.717) is 13.2 Å². The van der Waals surface area contributed by atoms with Crippen LogP contribution in [-0.2, 0) is 11.3 Å². The lowest BCUT2D eigenvalue weighted by Crippen LogP contribution is -2.35. The van der Waals surface area contributed by atoms with Crippen molar-refractivity contribution in [3.63, 3.8) is 0 Å². The monoisotopic (exact) mass is 295 g/mol. The highest BCUT2D eigenvalue weighted by Gasteiger charge is 2.12. The summed E-state index contributed by atoms with van der Waals surface area (Å²) in [5.41, 5.74) is 1.15. The second kappa shape index (κ2) is 8.25. The number of hydrogen-bond acceptors (Lipinski definition) is 4. The van der Waals surface area contributed by atoms with Crippen LogP contribution in [-0.4, -0.2) is 32.0 Å². The molecule has 0 saturated heterocycles. The molecule has 1 aromatic carbocycles. The van der Waals surface area contributed by atoms with Crippen LogP contribution in [0.25, 0.3) is 0 Å². The number of methoxy groups -OCH3 is 1. The summed E-state index contributed by atoms with van der Waals surface area (Å²) in [6.07, 6.45) is 0.228. The van der Waals surface area contributed by atoms with Crippen LogP contribution in [0.1, 0.15) is 40.2 Å². The van der Waals surface area contributed by atoms with Crippen LogP contribution >= 0.6 is 0 Å². The minimum absolute atomic E-state index is 0.0566. The van der Waals surface area contributed by atoms with E-state index < -0.39 is 0 Å². The zero-order chi connectivity index (χ0) is 15.9. The number of benzene rings is 1. The van der Waals surface area contributed by atoms with Crippen molar-refractivity contribution in [1.29, 1.82) is 0 Å². The highest BCUT2D eigenvalue weighted by atomic mass is 16.5. The van der Waals surface area contributed by atoms with Crippen molar-refractivity contribution in [3.8, 4) is 11.5 Å². The standard InChI is InChI=1S/C17H29NO3/c1-13(2)20-9-10-21-16-8-7-15(19-6)11-14(16)12-18-17(3,4)5/h7-8,11,13,18H,9-10,12H2,1-6H3. The average Bonchev–Trinajstić information content (AvgIpc) is 2.40. The summed E-state index contributed by atoms with van der Waals surface area (Å²) in [5, 5.41) is 3.47. The SMILES string of the molecule is COc1ccc(OCCOC(C)C)c(CNC(C)(C)C)c1. The van der Waals surface area contributed by atoms with E-state index in [1.54, 1.807) is 7.11 Å². The zero-order valence-corrected chi connectivity index (χ0v) is 14.2. The second-order valence-electron chi connectivity index (χ2n) is 6.35. The molecule has 4 nitrogen and oxygen atoms in total. The van der Waals surface area contributed by atoms with E-state index in [9.17, 15) is 0 Å². The third kappa shape index (κ3) is 7.34. The van der Waals surface area contributed by atoms with Gasteiger partial charge in [0.05, 0.1) is 19.8 Å². The van der Waals surface area contributed by atoms with Gasteiger partial charge in [-0.1, -0.05) is 0 Å². The maximum atomic E-state index is 5.83. The molecule has 0 aliphatic rings. The van der Waals surface area contributed by atoms with Gasteiger partial charge in [0.15, 0.2) is 0 Å². The molecule has 120 valence electrons. The molecule has 0 spiro atoms. The fraction of sp³-hybridized carbons (Fsp3) is 0.647. The van der Waals surface area contributed by atoms with Gasteiger partial charge >= 0.3 is 0 Å². The first-order valence-electron chi connectivity index (χ1n) is 7.48. The molecule has 0 radical (unpaired) electrons. The molecule has 21 heavy (non-hydrogen) atoms. The minimum atomic E-state index is 0.0566. The van der Waals surface area contributed by atoms with Crippen molar-refractivity contribution in [2.45, 2.75) is 52.8 Å². The number of nitrogens with one attached hydrogen (secondary N) is 1. The lowest BCUT2D eigenvalue weighted by atomic mass is 10.1. The van der Waals surface area contributed by atoms with Crippen LogP contribution < -0.4 is 14.8 Å². The Bertz CT molecular complexity index is 425. The fourth-order valence-corrected chi connectivity index (χ4v) is 1.76. The van der Waals surface area contributed by atoms with Crippen molar-refractivity contribution in [3.05, 3.63) is 23.8 Å². The molecule has 0 unspecified atom stereocenters. The van der Waals surface area contributed by atoms with Gasteiger partial charge < -0.3 is 19.5 Å². The van der Waals surface area contributed by atoms with Crippen LogP contribution in [0.4, 0.5) is 0 Å². The summed E-state index contributed by atoms with van der Waals surface area (Å²) in [4.78, 5) is 0. The minimum Gasteiger partial charge on any atom is -0.497 e. The number of rotatable bonds is 8. The van der Waals surface area contributed by atoms with Gasteiger partial charge in [-0.2, -0.15) is 0 Å². The van der Waals surface area contributed by atoms with Crippen LogP contribution in [0, 0.1) is 0 Å². The van der Waals surface area contributed by atoms with E-state index in [0.717, 1.165) is 23.6 Å². The summed E-state index contributed by atoms with van der Waals surface area (Å²) in [6.45, 7) is 12.3. The topological polar surface area (TPSA) is 39.7 Å². The molecule has 0 aliphatic carbocycles. The van der Waals surface area contributed by atoms with E-state index in [2.05, 4.69) is 26.1 Å². The van der Waals surface area contributed by atoms with Gasteiger partial charge in [-0.25, -0.2) is 0 Å². The molecule has 0 amide bonds. The molecule has 0 saturated carbocycles. The Morgan fingerprint density at radius 1 is 1.14 bits per heavy atom. The first-order chi connectivity index (χ1) is 9.81. The molecule has 1 rings (SSSR count). The zero-order valence-electron chi connectivity index (χ0n) is 14.2. The number of hydrogen-bond donors (Lipinski definition) is 1. The smallest absolute Gasteiger partial charge is 0.124 e. The van der Waals surface area contributed by atoms with E-state index in [-0.39, 0.29) is 11.6 Å². The molecule has 4 heteroatoms. The van der Waals surface area contributed by atoms with E-state index >= 15 is 0 Å². The maximum absolute atomic E-state index is 5.83. The normalized spacial score (nSPS) is 11.8. The Morgan fingerprint density at radius 3 is 2.43 bits per heavy atom. The quantitative estimate of drug-likeness (QED) is 0.746. The third-order valence-electron chi connectivity index (χ3n) is 2.87. The lowest BCUT2D eigenvalue weighted by Gasteiger charge is -2.22. The molecule has 1 aromatic rings. The predicted octanol–water partition coefficient (Wildman–Crippen LogP) is 3.39. The molecule has 0 fully saturated rings. The Morgan fingerprint density at radius 2 is 1.86 bits per heavy atom. The molecule has 0 heterocycles. The van der Waals surface area contributed by atoms with E-state index in [1.165, 1.54) is 0 Å². The van der Waals surface area contributed by atoms with E-state index in [4.69, 9.17) is 14.2 Å². The van der Waals surface area contributed by atoms with Gasteiger partial charge in [-0.15, -0.1) is 0 Å². The molecular weight excluding hydrogens is 266 g/mol. The summed E-state index contributed by atoms with van der Waals surface area (Å²) in [5.74, 6) is 1.71. The van der Waals surface area contributed by atoms with Crippen molar-refractivity contribution in [1.82, 2.24) is 5.32 Å². The Kier molecular flexibility index (Phi) is 6.99. The van der Waals surface area contributed by atoms with Crippen molar-refractivity contribution >= 4 is 0 Å². The molecular formula is C17H29NO3. The molecule has 0 atom stereocenters. The van der Waals surface area contributed by atoms with Crippen molar-refractivity contribution in [2.75, 3.05) is 20.3 Å². The first kappa shape index (κ1) is 17.8. The summed E-state index contributed by atoms with van der Waals surface area (Å²) >= 11 is 0. The second-order valence-corrected chi connectivity index (χ2v) is 6.35. The van der Waals surface area contributed by atoms with E-state index in [1.807, 2.05) is 32.0 Å². The molecule has 0 bridgehead atoms. The summed E-state index contributed by atoms with van der Waals surface area (Å²) < 4.78 is 16.6. The summed E-state index contributed by atoms with van der Waals surface area (Å²) in [7, 11) is 1.67. The van der Waals surface area contributed by atoms with Crippen LogP contribution in [0.3, 0.4) is 0 Å². The van der Waals surface area contributed by atoms with Gasteiger partial charge in [-0.3, -0.25) is 0 Å². The number of ether oxygens (including phenoxy) is 3. The van der Waals surface area contributed by atoms with Gasteiger partial charge in [0.25, 0.3) is 0 Å². The van der Waals surface area contributed by atoms with Gasteiger partial charge in [0.2, 0.25) is 0 Å². The lowest BCUT2D eigenvalue weighted by molar-refractivity contribution is 0.0550. The first-order valence-corrected chi connectivity index (χ1v) is 7.48. The Balaban J connectivity index is 2.67. The fourth-order valence-electron chi connectivity index (χ4n) is 1.76. The third-order valence-corrected chi connectivity index (χ3v) is 2.87. The summed E-state index contributed by atoms with van der Waals surface area (Å²) in [6, 6.07) is 5.88. The molecule has 0 aliphatic heterocycles. The molecule has 1 N–H and O–H groups in total. The highest BCUT2D eigenvalue weighted by molar-refractivity contribution is 5.40. The average molecular weight is 295 g/mol. The van der Waals surface area contributed by atoms with Crippen LogP contribution in [0.2, 0.25) is 0 Å². The van der Waals surface area contributed by atoms with Gasteiger partial charge in [0, 0.05) is 17.6 Å².